The number of carbonyl (C=O) groups excluding carboxylic acids is 1. The number of aromatic nitrogens is 1. The van der Waals surface area contributed by atoms with Crippen LogP contribution in [0.5, 0.6) is 0 Å². The average molecular weight is 283 g/mol. The van der Waals surface area contributed by atoms with Gasteiger partial charge in [0.2, 0.25) is 5.91 Å². The van der Waals surface area contributed by atoms with Gasteiger partial charge in [0, 0.05) is 12.1 Å². The van der Waals surface area contributed by atoms with Crippen molar-refractivity contribution in [2.75, 3.05) is 0 Å². The van der Waals surface area contributed by atoms with E-state index in [-0.39, 0.29) is 5.91 Å². The van der Waals surface area contributed by atoms with Gasteiger partial charge in [-0.15, -0.1) is 0 Å². The first-order valence-electron chi connectivity index (χ1n) is 6.74. The van der Waals surface area contributed by atoms with Crippen molar-refractivity contribution < 1.29 is 9.32 Å². The number of rotatable bonds is 5. The van der Waals surface area contributed by atoms with Crippen LogP contribution in [0.3, 0.4) is 0 Å². The van der Waals surface area contributed by atoms with Gasteiger partial charge in [-0.1, -0.05) is 35.5 Å². The van der Waals surface area contributed by atoms with Gasteiger partial charge in [0.05, 0.1) is 11.8 Å². The van der Waals surface area contributed by atoms with Crippen LogP contribution in [-0.2, 0) is 17.8 Å². The van der Waals surface area contributed by atoms with Crippen molar-refractivity contribution in [3.8, 4) is 6.07 Å². The van der Waals surface area contributed by atoms with Crippen LogP contribution in [0.1, 0.15) is 22.6 Å². The molecule has 1 atom stereocenters. The fraction of sp³-hybridized carbons (Fsp3) is 0.312. The number of hydrogen-bond donors (Lipinski definition) is 1. The van der Waals surface area contributed by atoms with E-state index in [1.54, 1.807) is 6.92 Å². The van der Waals surface area contributed by atoms with E-state index in [1.807, 2.05) is 37.3 Å². The van der Waals surface area contributed by atoms with Crippen molar-refractivity contribution in [1.82, 2.24) is 10.5 Å². The van der Waals surface area contributed by atoms with Gasteiger partial charge in [0.1, 0.15) is 11.7 Å². The molecular weight excluding hydrogens is 266 g/mol. The number of carbonyl (C=O) groups is 1. The predicted molar refractivity (Wildman–Crippen MR) is 77.1 cm³/mol. The number of aryl methyl sites for hydroxylation is 2. The summed E-state index contributed by atoms with van der Waals surface area (Å²) in [6.45, 7) is 3.95. The fourth-order valence-corrected chi connectivity index (χ4v) is 2.10. The lowest BCUT2D eigenvalue weighted by Gasteiger charge is -2.10. The molecule has 0 saturated carbocycles. The van der Waals surface area contributed by atoms with Crippen molar-refractivity contribution in [2.45, 2.75) is 26.8 Å². The SMILES string of the molecule is Cc1noc(C)c1CNC(=O)C(C#N)Cc1ccccc1. The summed E-state index contributed by atoms with van der Waals surface area (Å²) < 4.78 is 5.04. The van der Waals surface area contributed by atoms with Gasteiger partial charge in [0.25, 0.3) is 0 Å². The van der Waals surface area contributed by atoms with Gasteiger partial charge in [-0.25, -0.2) is 0 Å². The minimum atomic E-state index is -0.701. The zero-order valence-electron chi connectivity index (χ0n) is 12.1. The highest BCUT2D eigenvalue weighted by atomic mass is 16.5. The number of nitriles is 1. The molecule has 2 aromatic rings. The molecule has 1 N–H and O–H groups in total. The van der Waals surface area contributed by atoms with E-state index in [1.165, 1.54) is 0 Å². The predicted octanol–water partition coefficient (Wildman–Crippen LogP) is 2.29. The van der Waals surface area contributed by atoms with E-state index in [4.69, 9.17) is 4.52 Å². The maximum Gasteiger partial charge on any atom is 0.237 e. The summed E-state index contributed by atoms with van der Waals surface area (Å²) in [5.41, 5.74) is 2.58. The second-order valence-corrected chi connectivity index (χ2v) is 4.89. The Labute approximate surface area is 123 Å². The van der Waals surface area contributed by atoms with Crippen molar-refractivity contribution >= 4 is 5.91 Å². The number of amides is 1. The zero-order chi connectivity index (χ0) is 15.2. The molecular formula is C16H17N3O2. The summed E-state index contributed by atoms with van der Waals surface area (Å²) in [6.07, 6.45) is 0.408. The molecule has 21 heavy (non-hydrogen) atoms. The highest BCUT2D eigenvalue weighted by molar-refractivity contribution is 5.81. The molecule has 0 radical (unpaired) electrons. The minimum Gasteiger partial charge on any atom is -0.361 e. The number of hydrogen-bond acceptors (Lipinski definition) is 4. The lowest BCUT2D eigenvalue weighted by atomic mass is 10.00. The average Bonchev–Trinajstić information content (AvgIpc) is 2.82. The Hall–Kier alpha value is -2.61. The number of benzene rings is 1. The Bertz CT molecular complexity index is 636. The Kier molecular flexibility index (Phi) is 4.72. The molecule has 2 rings (SSSR count). The van der Waals surface area contributed by atoms with Crippen molar-refractivity contribution in [2.24, 2.45) is 5.92 Å². The molecule has 1 aromatic heterocycles. The highest BCUT2D eigenvalue weighted by Crippen LogP contribution is 2.13. The first-order valence-corrected chi connectivity index (χ1v) is 6.74. The van der Waals surface area contributed by atoms with Gasteiger partial charge in [0.15, 0.2) is 0 Å². The van der Waals surface area contributed by atoms with Gasteiger partial charge in [-0.3, -0.25) is 4.79 Å². The van der Waals surface area contributed by atoms with Crippen LogP contribution in [0, 0.1) is 31.1 Å². The Morgan fingerprint density at radius 3 is 2.67 bits per heavy atom. The molecule has 0 aliphatic carbocycles. The molecule has 1 aromatic carbocycles. The van der Waals surface area contributed by atoms with Crippen LogP contribution in [0.25, 0.3) is 0 Å². The lowest BCUT2D eigenvalue weighted by Crippen LogP contribution is -2.31. The molecule has 0 aliphatic rings. The number of nitrogens with zero attached hydrogens (tertiary/aromatic N) is 2. The highest BCUT2D eigenvalue weighted by Gasteiger charge is 2.19. The summed E-state index contributed by atoms with van der Waals surface area (Å²) in [5.74, 6) is -0.293. The molecule has 5 heteroatoms. The molecule has 5 nitrogen and oxygen atoms in total. The van der Waals surface area contributed by atoms with Crippen LogP contribution in [0.4, 0.5) is 0 Å². The summed E-state index contributed by atoms with van der Waals surface area (Å²) in [6, 6.07) is 11.6. The smallest absolute Gasteiger partial charge is 0.237 e. The molecule has 0 saturated heterocycles. The molecule has 0 fully saturated rings. The largest absolute Gasteiger partial charge is 0.361 e. The molecule has 1 amide bonds. The maximum atomic E-state index is 12.1. The Balaban J connectivity index is 1.97. The molecule has 0 bridgehead atoms. The summed E-state index contributed by atoms with van der Waals surface area (Å²) in [7, 11) is 0. The zero-order valence-corrected chi connectivity index (χ0v) is 12.1. The molecule has 1 heterocycles. The number of nitrogens with one attached hydrogen (secondary N) is 1. The first-order chi connectivity index (χ1) is 10.1. The van der Waals surface area contributed by atoms with Crippen LogP contribution in [-0.4, -0.2) is 11.1 Å². The fourth-order valence-electron chi connectivity index (χ4n) is 2.10. The van der Waals surface area contributed by atoms with Gasteiger partial charge in [-0.05, 0) is 25.8 Å². The third kappa shape index (κ3) is 3.69. The van der Waals surface area contributed by atoms with Gasteiger partial charge in [-0.2, -0.15) is 5.26 Å². The lowest BCUT2D eigenvalue weighted by molar-refractivity contribution is -0.123. The van der Waals surface area contributed by atoms with Crippen molar-refractivity contribution in [3.63, 3.8) is 0 Å². The van der Waals surface area contributed by atoms with E-state index < -0.39 is 5.92 Å². The topological polar surface area (TPSA) is 78.9 Å². The third-order valence-corrected chi connectivity index (χ3v) is 3.38. The molecule has 0 aliphatic heterocycles. The van der Waals surface area contributed by atoms with Crippen LogP contribution in [0.2, 0.25) is 0 Å². The Morgan fingerprint density at radius 1 is 1.38 bits per heavy atom. The molecule has 1 unspecified atom stereocenters. The van der Waals surface area contributed by atoms with E-state index in [2.05, 4.69) is 16.5 Å². The normalized spacial score (nSPS) is 11.7. The standard InChI is InChI=1S/C16H17N3O2/c1-11-15(12(2)21-19-11)10-18-16(20)14(9-17)8-13-6-4-3-5-7-13/h3-7,14H,8,10H2,1-2H3,(H,18,20). The molecule has 0 spiro atoms. The summed E-state index contributed by atoms with van der Waals surface area (Å²) >= 11 is 0. The minimum absolute atomic E-state index is 0.277. The van der Waals surface area contributed by atoms with Crippen molar-refractivity contribution in [1.29, 1.82) is 5.26 Å². The van der Waals surface area contributed by atoms with E-state index in [0.717, 1.165) is 16.8 Å². The monoisotopic (exact) mass is 283 g/mol. The van der Waals surface area contributed by atoms with E-state index in [9.17, 15) is 10.1 Å². The summed E-state index contributed by atoms with van der Waals surface area (Å²) in [5, 5.41) is 15.8. The maximum absolute atomic E-state index is 12.1. The third-order valence-electron chi connectivity index (χ3n) is 3.38. The van der Waals surface area contributed by atoms with Crippen LogP contribution < -0.4 is 5.32 Å². The van der Waals surface area contributed by atoms with Gasteiger partial charge >= 0.3 is 0 Å². The first kappa shape index (κ1) is 14.8. The quantitative estimate of drug-likeness (QED) is 0.913. The Morgan fingerprint density at radius 2 is 2.10 bits per heavy atom. The van der Waals surface area contributed by atoms with E-state index in [0.29, 0.717) is 18.7 Å². The van der Waals surface area contributed by atoms with E-state index >= 15 is 0 Å². The van der Waals surface area contributed by atoms with Crippen LogP contribution in [0.15, 0.2) is 34.9 Å². The molecule has 108 valence electrons. The van der Waals surface area contributed by atoms with Crippen LogP contribution >= 0.6 is 0 Å². The summed E-state index contributed by atoms with van der Waals surface area (Å²) in [4.78, 5) is 12.1. The van der Waals surface area contributed by atoms with Gasteiger partial charge < -0.3 is 9.84 Å². The second-order valence-electron chi connectivity index (χ2n) is 4.89. The van der Waals surface area contributed by atoms with Crippen molar-refractivity contribution in [3.05, 3.63) is 52.9 Å². The second kappa shape index (κ2) is 6.71.